The molecule has 1 aromatic carbocycles. The highest BCUT2D eigenvalue weighted by molar-refractivity contribution is 5.93. The van der Waals surface area contributed by atoms with Gasteiger partial charge >= 0.3 is 5.97 Å². The molecule has 0 unspecified atom stereocenters. The topological polar surface area (TPSA) is 92.9 Å². The van der Waals surface area contributed by atoms with Crippen LogP contribution in [0.25, 0.3) is 0 Å². The summed E-state index contributed by atoms with van der Waals surface area (Å²) in [5.41, 5.74) is -1.28. The Hall–Kier alpha value is -2.90. The smallest absolute Gasteiger partial charge is 0.348 e. The van der Waals surface area contributed by atoms with Gasteiger partial charge < -0.3 is 19.2 Å². The number of likely N-dealkylation sites (tertiary alicyclic amines) is 1. The van der Waals surface area contributed by atoms with Crippen molar-refractivity contribution in [1.29, 1.82) is 0 Å². The summed E-state index contributed by atoms with van der Waals surface area (Å²) >= 11 is 0. The van der Waals surface area contributed by atoms with Gasteiger partial charge in [-0.1, -0.05) is 6.07 Å². The van der Waals surface area contributed by atoms with Crippen molar-refractivity contribution in [2.45, 2.75) is 25.4 Å². The molecule has 0 bridgehead atoms. The Morgan fingerprint density at radius 3 is 2.64 bits per heavy atom. The quantitative estimate of drug-likeness (QED) is 0.911. The van der Waals surface area contributed by atoms with E-state index in [-0.39, 0.29) is 43.3 Å². The molecule has 1 amide bonds. The molecule has 25 heavy (non-hydrogen) atoms. The molecule has 1 aliphatic rings. The predicted octanol–water partition coefficient (Wildman–Crippen LogP) is 2.26. The number of piperidine rings is 1. The van der Waals surface area contributed by atoms with Gasteiger partial charge in [0.2, 0.25) is 5.60 Å². The second kappa shape index (κ2) is 6.54. The standard InChI is InChI=1S/C17H17FN2O5/c1-11-14(19-10-24-11)15(21)20-7-5-17(6-8-20,16(22)23)25-13-4-2-3-12(18)9-13/h2-4,9-10H,5-8H2,1H3,(H,22,23). The molecule has 0 aliphatic carbocycles. The fraction of sp³-hybridized carbons (Fsp3) is 0.353. The van der Waals surface area contributed by atoms with Crippen LogP contribution in [0.15, 0.2) is 35.1 Å². The second-order valence-corrected chi connectivity index (χ2v) is 5.91. The lowest BCUT2D eigenvalue weighted by atomic mass is 9.90. The first kappa shape index (κ1) is 16.9. The molecule has 7 nitrogen and oxygen atoms in total. The number of carboxylic acids is 1. The number of rotatable bonds is 4. The molecule has 3 rings (SSSR count). The van der Waals surface area contributed by atoms with E-state index in [0.29, 0.717) is 5.76 Å². The maximum Gasteiger partial charge on any atom is 0.348 e. The third-order valence-electron chi connectivity index (χ3n) is 4.30. The number of carbonyl (C=O) groups excluding carboxylic acids is 1. The Bertz CT molecular complexity index is 796. The minimum atomic E-state index is -1.50. The molecule has 2 aromatic rings. The first-order chi connectivity index (χ1) is 11.9. The Kier molecular flexibility index (Phi) is 4.43. The Morgan fingerprint density at radius 2 is 2.08 bits per heavy atom. The number of ether oxygens (including phenoxy) is 1. The van der Waals surface area contributed by atoms with E-state index in [2.05, 4.69) is 4.98 Å². The maximum atomic E-state index is 13.3. The van der Waals surface area contributed by atoms with Crippen LogP contribution in [0.4, 0.5) is 4.39 Å². The molecule has 0 atom stereocenters. The van der Waals surface area contributed by atoms with Crippen LogP contribution in [0, 0.1) is 12.7 Å². The highest BCUT2D eigenvalue weighted by Crippen LogP contribution is 2.30. The molecular formula is C17H17FN2O5. The highest BCUT2D eigenvalue weighted by atomic mass is 19.1. The minimum Gasteiger partial charge on any atom is -0.478 e. The number of aliphatic carboxylic acids is 1. The lowest BCUT2D eigenvalue weighted by Gasteiger charge is -2.38. The largest absolute Gasteiger partial charge is 0.478 e. The van der Waals surface area contributed by atoms with Gasteiger partial charge in [0.05, 0.1) is 0 Å². The summed E-state index contributed by atoms with van der Waals surface area (Å²) in [7, 11) is 0. The number of benzene rings is 1. The normalized spacial score (nSPS) is 16.5. The number of carboxylic acid groups (broad SMARTS) is 1. The number of halogens is 1. The van der Waals surface area contributed by atoms with Crippen molar-refractivity contribution in [3.8, 4) is 5.75 Å². The molecule has 8 heteroatoms. The number of nitrogens with zero attached hydrogens (tertiary/aromatic N) is 2. The van der Waals surface area contributed by atoms with Crippen molar-refractivity contribution in [3.63, 3.8) is 0 Å². The first-order valence-corrected chi connectivity index (χ1v) is 7.79. The van der Waals surface area contributed by atoms with Gasteiger partial charge in [-0.2, -0.15) is 0 Å². The van der Waals surface area contributed by atoms with Gasteiger partial charge in [0.1, 0.15) is 17.3 Å². The summed E-state index contributed by atoms with van der Waals surface area (Å²) in [6.07, 6.45) is 1.37. The van der Waals surface area contributed by atoms with E-state index in [1.54, 1.807) is 6.92 Å². The zero-order valence-corrected chi connectivity index (χ0v) is 13.6. The van der Waals surface area contributed by atoms with Crippen LogP contribution in [-0.4, -0.2) is 45.6 Å². The van der Waals surface area contributed by atoms with E-state index in [1.807, 2.05) is 0 Å². The van der Waals surface area contributed by atoms with Crippen LogP contribution in [0.1, 0.15) is 29.1 Å². The Labute approximate surface area is 143 Å². The monoisotopic (exact) mass is 348 g/mol. The molecular weight excluding hydrogens is 331 g/mol. The molecule has 1 fully saturated rings. The van der Waals surface area contributed by atoms with Crippen LogP contribution in [0.2, 0.25) is 0 Å². The van der Waals surface area contributed by atoms with E-state index in [1.165, 1.54) is 29.5 Å². The predicted molar refractivity (Wildman–Crippen MR) is 83.8 cm³/mol. The van der Waals surface area contributed by atoms with E-state index in [0.717, 1.165) is 6.07 Å². The van der Waals surface area contributed by atoms with Crippen molar-refractivity contribution in [2.75, 3.05) is 13.1 Å². The summed E-state index contributed by atoms with van der Waals surface area (Å²) in [6.45, 7) is 2.01. The van der Waals surface area contributed by atoms with E-state index < -0.39 is 17.4 Å². The van der Waals surface area contributed by atoms with Crippen molar-refractivity contribution in [3.05, 3.63) is 47.9 Å². The van der Waals surface area contributed by atoms with Gasteiger partial charge in [0.25, 0.3) is 5.91 Å². The fourth-order valence-corrected chi connectivity index (χ4v) is 2.85. The number of amides is 1. The van der Waals surface area contributed by atoms with Gasteiger partial charge in [-0.3, -0.25) is 4.79 Å². The van der Waals surface area contributed by atoms with Crippen LogP contribution >= 0.6 is 0 Å². The number of hydrogen-bond donors (Lipinski definition) is 1. The van der Waals surface area contributed by atoms with Crippen LogP contribution < -0.4 is 4.74 Å². The lowest BCUT2D eigenvalue weighted by Crippen LogP contribution is -2.54. The molecule has 1 saturated heterocycles. The van der Waals surface area contributed by atoms with Crippen molar-refractivity contribution < 1.29 is 28.2 Å². The molecule has 0 spiro atoms. The maximum absolute atomic E-state index is 13.3. The number of aryl methyl sites for hydroxylation is 1. The van der Waals surface area contributed by atoms with Gasteiger partial charge in [-0.15, -0.1) is 0 Å². The van der Waals surface area contributed by atoms with Crippen LogP contribution in [-0.2, 0) is 4.79 Å². The Balaban J connectivity index is 1.73. The van der Waals surface area contributed by atoms with Crippen molar-refractivity contribution >= 4 is 11.9 Å². The minimum absolute atomic E-state index is 0.0848. The third kappa shape index (κ3) is 3.33. The average Bonchev–Trinajstić information content (AvgIpc) is 3.01. The van der Waals surface area contributed by atoms with Gasteiger partial charge in [-0.05, 0) is 19.1 Å². The molecule has 1 N–H and O–H groups in total. The van der Waals surface area contributed by atoms with E-state index in [9.17, 15) is 19.1 Å². The average molecular weight is 348 g/mol. The van der Waals surface area contributed by atoms with Crippen LogP contribution in [0.3, 0.4) is 0 Å². The molecule has 1 aliphatic heterocycles. The second-order valence-electron chi connectivity index (χ2n) is 5.91. The number of carbonyl (C=O) groups is 2. The SMILES string of the molecule is Cc1ocnc1C(=O)N1CCC(Oc2cccc(F)c2)(C(=O)O)CC1. The van der Waals surface area contributed by atoms with Crippen LogP contribution in [0.5, 0.6) is 5.75 Å². The molecule has 2 heterocycles. The number of oxazole rings is 1. The molecule has 132 valence electrons. The highest BCUT2D eigenvalue weighted by Gasteiger charge is 2.45. The van der Waals surface area contributed by atoms with E-state index >= 15 is 0 Å². The lowest BCUT2D eigenvalue weighted by molar-refractivity contribution is -0.159. The first-order valence-electron chi connectivity index (χ1n) is 7.79. The van der Waals surface area contributed by atoms with E-state index in [4.69, 9.17) is 9.15 Å². The van der Waals surface area contributed by atoms with Crippen molar-refractivity contribution in [2.24, 2.45) is 0 Å². The number of aromatic nitrogens is 1. The zero-order chi connectivity index (χ0) is 18.0. The van der Waals surface area contributed by atoms with Gasteiger partial charge in [-0.25, -0.2) is 14.2 Å². The molecule has 1 aromatic heterocycles. The summed E-state index contributed by atoms with van der Waals surface area (Å²) in [6, 6.07) is 5.35. The number of hydrogen-bond acceptors (Lipinski definition) is 5. The third-order valence-corrected chi connectivity index (χ3v) is 4.30. The Morgan fingerprint density at radius 1 is 1.36 bits per heavy atom. The molecule has 0 radical (unpaired) electrons. The van der Waals surface area contributed by atoms with Gasteiger partial charge in [0.15, 0.2) is 12.1 Å². The molecule has 0 saturated carbocycles. The summed E-state index contributed by atoms with van der Waals surface area (Å²) in [4.78, 5) is 29.6. The summed E-state index contributed by atoms with van der Waals surface area (Å²) in [5.74, 6) is -1.39. The summed E-state index contributed by atoms with van der Waals surface area (Å²) < 4.78 is 24.0. The van der Waals surface area contributed by atoms with Crippen molar-refractivity contribution in [1.82, 2.24) is 9.88 Å². The zero-order valence-electron chi connectivity index (χ0n) is 13.6. The summed E-state index contributed by atoms with van der Waals surface area (Å²) in [5, 5.41) is 9.62. The fourth-order valence-electron chi connectivity index (χ4n) is 2.85. The van der Waals surface area contributed by atoms with Gasteiger partial charge in [0, 0.05) is 32.0 Å².